The Labute approximate surface area is 145 Å². The number of fused-ring (bicyclic) bond motifs is 1. The van der Waals surface area contributed by atoms with Gasteiger partial charge in [0.05, 0.1) is 23.3 Å². The van der Waals surface area contributed by atoms with Crippen molar-refractivity contribution in [2.24, 2.45) is 5.92 Å². The molecule has 1 aromatic carbocycles. The Bertz CT molecular complexity index is 766. The van der Waals surface area contributed by atoms with Crippen molar-refractivity contribution in [3.05, 3.63) is 34.4 Å². The molecular weight excluding hydrogens is 324 g/mol. The van der Waals surface area contributed by atoms with E-state index >= 15 is 0 Å². The molecule has 0 spiro atoms. The van der Waals surface area contributed by atoms with Crippen molar-refractivity contribution in [1.82, 2.24) is 9.97 Å². The van der Waals surface area contributed by atoms with Gasteiger partial charge in [-0.1, -0.05) is 0 Å². The molecule has 2 aliphatic rings. The van der Waals surface area contributed by atoms with Gasteiger partial charge in [-0.2, -0.15) is 11.8 Å². The van der Waals surface area contributed by atoms with Crippen LogP contribution in [-0.4, -0.2) is 35.0 Å². The third-order valence-corrected chi connectivity index (χ3v) is 5.92. The summed E-state index contributed by atoms with van der Waals surface area (Å²) in [5.41, 5.74) is 0.644. The number of nitrogens with one attached hydrogen (secondary N) is 1. The fourth-order valence-electron chi connectivity index (χ4n) is 2.86. The molecule has 1 aliphatic heterocycles. The SMILES string of the molecule is O=c1[nH]c(CSC2CCOCC2)nc2cc(OCC3CC3)ccc12. The largest absolute Gasteiger partial charge is 0.493 e. The first-order valence-corrected chi connectivity index (χ1v) is 9.68. The van der Waals surface area contributed by atoms with Gasteiger partial charge in [-0.25, -0.2) is 4.98 Å². The maximum absolute atomic E-state index is 12.3. The molecule has 0 radical (unpaired) electrons. The third kappa shape index (κ3) is 3.92. The zero-order valence-electron chi connectivity index (χ0n) is 13.6. The second-order valence-corrected chi connectivity index (χ2v) is 7.86. The van der Waals surface area contributed by atoms with Crippen molar-refractivity contribution in [3.63, 3.8) is 0 Å². The topological polar surface area (TPSA) is 64.2 Å². The van der Waals surface area contributed by atoms with Crippen molar-refractivity contribution in [2.75, 3.05) is 19.8 Å². The maximum atomic E-state index is 12.3. The number of hydrogen-bond donors (Lipinski definition) is 1. The van der Waals surface area contributed by atoms with Gasteiger partial charge in [-0.3, -0.25) is 4.79 Å². The van der Waals surface area contributed by atoms with Crippen LogP contribution in [0.1, 0.15) is 31.5 Å². The summed E-state index contributed by atoms with van der Waals surface area (Å²) < 4.78 is 11.2. The van der Waals surface area contributed by atoms with Gasteiger partial charge in [0.1, 0.15) is 11.6 Å². The highest BCUT2D eigenvalue weighted by molar-refractivity contribution is 7.99. The number of ether oxygens (including phenoxy) is 2. The summed E-state index contributed by atoms with van der Waals surface area (Å²) in [6.45, 7) is 2.43. The molecule has 1 aromatic heterocycles. The molecule has 0 atom stereocenters. The first kappa shape index (κ1) is 16.0. The van der Waals surface area contributed by atoms with E-state index in [1.165, 1.54) is 12.8 Å². The van der Waals surface area contributed by atoms with E-state index in [0.29, 0.717) is 16.6 Å². The summed E-state index contributed by atoms with van der Waals surface area (Å²) >= 11 is 1.85. The average Bonchev–Trinajstić information content (AvgIpc) is 3.43. The second-order valence-electron chi connectivity index (χ2n) is 6.57. The fourth-order valence-corrected chi connectivity index (χ4v) is 3.92. The lowest BCUT2D eigenvalue weighted by molar-refractivity contribution is 0.1000. The molecular formula is C18H22N2O3S. The molecule has 2 heterocycles. The van der Waals surface area contributed by atoms with Gasteiger partial charge < -0.3 is 14.5 Å². The number of benzene rings is 1. The van der Waals surface area contributed by atoms with Crippen molar-refractivity contribution in [1.29, 1.82) is 0 Å². The monoisotopic (exact) mass is 346 g/mol. The first-order chi connectivity index (χ1) is 11.8. The van der Waals surface area contributed by atoms with Crippen molar-refractivity contribution in [3.8, 4) is 5.75 Å². The van der Waals surface area contributed by atoms with Gasteiger partial charge in [0.2, 0.25) is 0 Å². The molecule has 1 saturated carbocycles. The standard InChI is InChI=1S/C18H22N2O3S/c21-18-15-4-3-13(23-10-12-1-2-12)9-16(15)19-17(20-18)11-24-14-5-7-22-8-6-14/h3-4,9,12,14H,1-2,5-8,10-11H2,(H,19,20,21). The number of aromatic amines is 1. The molecule has 0 amide bonds. The highest BCUT2D eigenvalue weighted by atomic mass is 32.2. The lowest BCUT2D eigenvalue weighted by Gasteiger charge is -2.21. The Kier molecular flexibility index (Phi) is 4.76. The van der Waals surface area contributed by atoms with Gasteiger partial charge in [-0.05, 0) is 43.7 Å². The van der Waals surface area contributed by atoms with Crippen LogP contribution >= 0.6 is 11.8 Å². The summed E-state index contributed by atoms with van der Waals surface area (Å²) in [6, 6.07) is 5.55. The smallest absolute Gasteiger partial charge is 0.258 e. The molecule has 2 aromatic rings. The number of nitrogens with zero attached hydrogens (tertiary/aromatic N) is 1. The summed E-state index contributed by atoms with van der Waals surface area (Å²) in [4.78, 5) is 19.8. The van der Waals surface area contributed by atoms with Crippen LogP contribution in [-0.2, 0) is 10.5 Å². The Morgan fingerprint density at radius 3 is 2.88 bits per heavy atom. The fraction of sp³-hybridized carbons (Fsp3) is 0.556. The van der Waals surface area contributed by atoms with Gasteiger partial charge >= 0.3 is 0 Å². The predicted molar refractivity (Wildman–Crippen MR) is 95.7 cm³/mol. The number of aromatic nitrogens is 2. The Morgan fingerprint density at radius 1 is 1.25 bits per heavy atom. The zero-order chi connectivity index (χ0) is 16.4. The van der Waals surface area contributed by atoms with Crippen LogP contribution in [0.2, 0.25) is 0 Å². The molecule has 2 fully saturated rings. The van der Waals surface area contributed by atoms with Gasteiger partial charge in [0.25, 0.3) is 5.56 Å². The van der Waals surface area contributed by atoms with E-state index in [2.05, 4.69) is 9.97 Å². The Morgan fingerprint density at radius 2 is 2.08 bits per heavy atom. The lowest BCUT2D eigenvalue weighted by Crippen LogP contribution is -2.18. The van der Waals surface area contributed by atoms with E-state index in [4.69, 9.17) is 9.47 Å². The molecule has 0 unspecified atom stereocenters. The van der Waals surface area contributed by atoms with Crippen molar-refractivity contribution < 1.29 is 9.47 Å². The van der Waals surface area contributed by atoms with E-state index in [1.54, 1.807) is 6.07 Å². The summed E-state index contributed by atoms with van der Waals surface area (Å²) in [5.74, 6) is 2.97. The number of rotatable bonds is 6. The molecule has 5 nitrogen and oxygen atoms in total. The van der Waals surface area contributed by atoms with Gasteiger partial charge in [0, 0.05) is 24.5 Å². The summed E-state index contributed by atoms with van der Waals surface area (Å²) in [6.07, 6.45) is 4.67. The van der Waals surface area contributed by atoms with Crippen LogP contribution in [0.25, 0.3) is 10.9 Å². The normalized spacial score (nSPS) is 18.8. The number of thioether (sulfide) groups is 1. The van der Waals surface area contributed by atoms with Crippen molar-refractivity contribution >= 4 is 22.7 Å². The second kappa shape index (κ2) is 7.15. The lowest BCUT2D eigenvalue weighted by atomic mass is 10.2. The quantitative estimate of drug-likeness (QED) is 0.871. The van der Waals surface area contributed by atoms with Crippen LogP contribution < -0.4 is 10.3 Å². The van der Waals surface area contributed by atoms with Gasteiger partial charge in [-0.15, -0.1) is 0 Å². The predicted octanol–water partition coefficient (Wildman–Crippen LogP) is 3.12. The molecule has 1 saturated heterocycles. The summed E-state index contributed by atoms with van der Waals surface area (Å²) in [7, 11) is 0. The molecule has 0 bridgehead atoms. The molecule has 128 valence electrons. The first-order valence-electron chi connectivity index (χ1n) is 8.63. The average molecular weight is 346 g/mol. The van der Waals surface area contributed by atoms with Crippen molar-refractivity contribution in [2.45, 2.75) is 36.7 Å². The van der Waals surface area contributed by atoms with E-state index in [9.17, 15) is 4.79 Å². The van der Waals surface area contributed by atoms with E-state index in [0.717, 1.165) is 55.5 Å². The maximum Gasteiger partial charge on any atom is 0.258 e. The minimum absolute atomic E-state index is 0.0729. The van der Waals surface area contributed by atoms with Crippen LogP contribution in [0.4, 0.5) is 0 Å². The van der Waals surface area contributed by atoms with E-state index in [1.807, 2.05) is 23.9 Å². The third-order valence-electron chi connectivity index (χ3n) is 4.53. The molecule has 6 heteroatoms. The van der Waals surface area contributed by atoms with Crippen LogP contribution in [0.3, 0.4) is 0 Å². The van der Waals surface area contributed by atoms with Crippen LogP contribution in [0.15, 0.2) is 23.0 Å². The molecule has 24 heavy (non-hydrogen) atoms. The van der Waals surface area contributed by atoms with E-state index < -0.39 is 0 Å². The highest BCUT2D eigenvalue weighted by Gasteiger charge is 2.22. The van der Waals surface area contributed by atoms with Crippen LogP contribution in [0, 0.1) is 5.92 Å². The van der Waals surface area contributed by atoms with Gasteiger partial charge in [0.15, 0.2) is 0 Å². The molecule has 4 rings (SSSR count). The highest BCUT2D eigenvalue weighted by Crippen LogP contribution is 2.30. The summed E-state index contributed by atoms with van der Waals surface area (Å²) in [5, 5.41) is 1.21. The molecule has 1 N–H and O–H groups in total. The van der Waals surface area contributed by atoms with Crippen LogP contribution in [0.5, 0.6) is 5.75 Å². The zero-order valence-corrected chi connectivity index (χ0v) is 14.4. The Balaban J connectivity index is 1.48. The molecule has 1 aliphatic carbocycles. The minimum Gasteiger partial charge on any atom is -0.493 e. The van der Waals surface area contributed by atoms with E-state index in [-0.39, 0.29) is 5.56 Å². The minimum atomic E-state index is -0.0729. The number of hydrogen-bond acceptors (Lipinski definition) is 5. The number of H-pyrrole nitrogens is 1. The Hall–Kier alpha value is -1.53.